The molecule has 0 N–H and O–H groups in total. The molecule has 4 aliphatic rings. The minimum Gasteiger partial charge on any atom is -0.445 e. The van der Waals surface area contributed by atoms with Gasteiger partial charge in [-0.25, -0.2) is 0 Å². The van der Waals surface area contributed by atoms with Crippen LogP contribution >= 0.6 is 0 Å². The smallest absolute Gasteiger partial charge is 0.0951 e. The fourth-order valence-corrected chi connectivity index (χ4v) is 4.84. The molecule has 2 atom stereocenters. The van der Waals surface area contributed by atoms with Crippen molar-refractivity contribution in [3.8, 4) is 0 Å². The fourth-order valence-electron chi connectivity index (χ4n) is 4.84. The van der Waals surface area contributed by atoms with E-state index in [1.807, 2.05) is 39.8 Å². The van der Waals surface area contributed by atoms with Crippen molar-refractivity contribution in [2.24, 2.45) is 9.98 Å². The molecule has 2 fully saturated rings. The maximum atomic E-state index is 4.71. The zero-order valence-electron chi connectivity index (χ0n) is 24.1. The number of nitrogens with zero attached hydrogens (tertiary/aromatic N) is 4. The van der Waals surface area contributed by atoms with E-state index in [4.69, 9.17) is 9.98 Å². The van der Waals surface area contributed by atoms with Gasteiger partial charge >= 0.3 is 0 Å². The predicted octanol–water partition coefficient (Wildman–Crippen LogP) is 9.20. The van der Waals surface area contributed by atoms with E-state index in [2.05, 4.69) is 84.3 Å². The van der Waals surface area contributed by atoms with Crippen molar-refractivity contribution in [1.29, 1.82) is 0 Å². The standard InChI is InChI=1S/2C14H15N2.2C2H6.2CH4.2Y/c2*1-11-15-14(12-6-3-2-4-7-12)10-13-8-5-9-16(11)13;2*1-2;;;;/h2*2-4,6-7,14H,5,8-9H2,1H3;2*1-2H3;2*1H4;;/q2*-1;;;;;;. The molecule has 0 amide bonds. The van der Waals surface area contributed by atoms with Crippen molar-refractivity contribution in [3.63, 3.8) is 0 Å². The second-order valence-electron chi connectivity index (χ2n) is 8.67. The van der Waals surface area contributed by atoms with E-state index in [0.717, 1.165) is 37.6 Å². The average Bonchev–Trinajstić information content (AvgIpc) is 3.63. The molecule has 6 rings (SSSR count). The van der Waals surface area contributed by atoms with Gasteiger partial charge < -0.3 is 22.0 Å². The summed E-state index contributed by atoms with van der Waals surface area (Å²) in [6, 6.07) is 21.0. The van der Waals surface area contributed by atoms with Gasteiger partial charge in [-0.15, -0.1) is 0 Å². The Bertz CT molecular complexity index is 990. The molecule has 2 aromatic carbocycles. The van der Waals surface area contributed by atoms with Crippen molar-refractivity contribution < 1.29 is 65.4 Å². The Morgan fingerprint density at radius 2 is 0.925 bits per heavy atom. The van der Waals surface area contributed by atoms with Gasteiger partial charge in [-0.05, 0) is 51.6 Å². The summed E-state index contributed by atoms with van der Waals surface area (Å²) in [7, 11) is 0. The summed E-state index contributed by atoms with van der Waals surface area (Å²) in [5.41, 5.74) is 5.14. The Labute approximate surface area is 296 Å². The van der Waals surface area contributed by atoms with Gasteiger partial charge in [0.2, 0.25) is 0 Å². The van der Waals surface area contributed by atoms with Crippen LogP contribution in [0.3, 0.4) is 0 Å². The van der Waals surface area contributed by atoms with Crippen LogP contribution in [0.1, 0.15) is 105 Å². The maximum Gasteiger partial charge on any atom is 0.0951 e. The van der Waals surface area contributed by atoms with E-state index in [1.54, 1.807) is 0 Å². The molecular weight excluding hydrogens is 642 g/mol. The molecule has 214 valence electrons. The zero-order chi connectivity index (χ0) is 25.9. The number of allylic oxidation sites excluding steroid dienone is 2. The number of benzene rings is 2. The Balaban J connectivity index is 0. The molecular formula is C34H50N4Y2-2. The van der Waals surface area contributed by atoms with Crippen LogP contribution in [0, 0.1) is 12.2 Å². The minimum absolute atomic E-state index is 0. The number of hydrogen-bond donors (Lipinski definition) is 0. The Morgan fingerprint density at radius 3 is 1.25 bits per heavy atom. The predicted molar refractivity (Wildman–Crippen MR) is 166 cm³/mol. The van der Waals surface area contributed by atoms with Crippen molar-refractivity contribution in [3.05, 3.63) is 95.3 Å². The van der Waals surface area contributed by atoms with E-state index in [1.165, 1.54) is 35.4 Å². The monoisotopic (exact) mass is 692 g/mol. The summed E-state index contributed by atoms with van der Waals surface area (Å²) in [5.74, 6) is 2.28. The van der Waals surface area contributed by atoms with Gasteiger partial charge in [0.05, 0.1) is 11.7 Å². The minimum atomic E-state index is 0. The van der Waals surface area contributed by atoms with E-state index >= 15 is 0 Å². The summed E-state index contributed by atoms with van der Waals surface area (Å²) >= 11 is 0. The van der Waals surface area contributed by atoms with E-state index < -0.39 is 0 Å². The van der Waals surface area contributed by atoms with Gasteiger partial charge in [0.1, 0.15) is 0 Å². The Morgan fingerprint density at radius 1 is 0.600 bits per heavy atom. The first-order chi connectivity index (χ1) is 17.7. The third kappa shape index (κ3) is 10.7. The molecule has 6 heteroatoms. The Kier molecular flexibility index (Phi) is 22.4. The molecule has 0 aromatic heterocycles. The van der Waals surface area contributed by atoms with Gasteiger partial charge in [-0.3, -0.25) is 9.98 Å². The molecule has 2 aromatic rings. The van der Waals surface area contributed by atoms with Crippen molar-refractivity contribution in [1.82, 2.24) is 9.80 Å². The third-order valence-electron chi connectivity index (χ3n) is 6.49. The normalized spacial score (nSPS) is 19.4. The van der Waals surface area contributed by atoms with Gasteiger partial charge in [0.25, 0.3) is 0 Å². The summed E-state index contributed by atoms with van der Waals surface area (Å²) < 4.78 is 0. The summed E-state index contributed by atoms with van der Waals surface area (Å²) in [4.78, 5) is 14.0. The summed E-state index contributed by atoms with van der Waals surface area (Å²) in [6.07, 6.45) is 11.8. The molecule has 0 saturated carbocycles. The topological polar surface area (TPSA) is 31.2 Å². The SMILES string of the molecule is C.C.CC.CC.CC1=NC(c2ccccc2)[C-]=C2CCCN21.CC1=NC(c2ccccc2)[C-]=C2CCCN21.[Y].[Y]. The van der Waals surface area contributed by atoms with Crippen molar-refractivity contribution in [2.75, 3.05) is 13.1 Å². The quantitative estimate of drug-likeness (QED) is 0.294. The van der Waals surface area contributed by atoms with Gasteiger partial charge in [-0.2, -0.15) is 11.4 Å². The second-order valence-corrected chi connectivity index (χ2v) is 8.67. The molecule has 0 spiro atoms. The summed E-state index contributed by atoms with van der Waals surface area (Å²) in [6.45, 7) is 14.4. The average molecular weight is 693 g/mol. The van der Waals surface area contributed by atoms with Crippen LogP contribution in [-0.4, -0.2) is 34.6 Å². The number of amidine groups is 2. The largest absolute Gasteiger partial charge is 0.445 e. The molecule has 0 aliphatic carbocycles. The molecule has 40 heavy (non-hydrogen) atoms. The first-order valence-electron chi connectivity index (χ1n) is 13.7. The number of fused-ring (bicyclic) bond motifs is 2. The van der Waals surface area contributed by atoms with Gasteiger partial charge in [-0.1, -0.05) is 114 Å². The van der Waals surface area contributed by atoms with Crippen LogP contribution < -0.4 is 0 Å². The summed E-state index contributed by atoms with van der Waals surface area (Å²) in [5, 5.41) is 0. The maximum absolute atomic E-state index is 4.71. The first kappa shape index (κ1) is 41.2. The number of rotatable bonds is 2. The van der Waals surface area contributed by atoms with Crippen LogP contribution in [0.2, 0.25) is 0 Å². The third-order valence-corrected chi connectivity index (χ3v) is 6.49. The van der Waals surface area contributed by atoms with Gasteiger partial charge in [0, 0.05) is 78.5 Å². The molecule has 4 aliphatic heterocycles. The number of hydrogen-bond acceptors (Lipinski definition) is 4. The van der Waals surface area contributed by atoms with E-state index in [9.17, 15) is 0 Å². The van der Waals surface area contributed by atoms with Crippen molar-refractivity contribution in [2.45, 2.75) is 94.2 Å². The van der Waals surface area contributed by atoms with Crippen LogP contribution in [-0.2, 0) is 65.4 Å². The van der Waals surface area contributed by atoms with Crippen LogP contribution in [0.25, 0.3) is 0 Å². The van der Waals surface area contributed by atoms with Crippen LogP contribution in [0.15, 0.2) is 82.0 Å². The fraction of sp³-hybridized carbons (Fsp3) is 0.471. The first-order valence-corrected chi connectivity index (χ1v) is 13.7. The van der Waals surface area contributed by atoms with E-state index in [-0.39, 0.29) is 92.4 Å². The van der Waals surface area contributed by atoms with Crippen LogP contribution in [0.4, 0.5) is 0 Å². The molecule has 4 heterocycles. The van der Waals surface area contributed by atoms with Crippen molar-refractivity contribution >= 4 is 11.7 Å². The van der Waals surface area contributed by atoms with Gasteiger partial charge in [0.15, 0.2) is 0 Å². The van der Waals surface area contributed by atoms with Crippen LogP contribution in [0.5, 0.6) is 0 Å². The molecule has 0 bridgehead atoms. The molecule has 2 saturated heterocycles. The zero-order valence-corrected chi connectivity index (χ0v) is 29.8. The molecule has 2 radical (unpaired) electrons. The second kappa shape index (κ2) is 21.7. The molecule has 2 unspecified atom stereocenters. The molecule has 4 nitrogen and oxygen atoms in total. The number of aliphatic imine (C=N–C) groups is 2. The Hall–Kier alpha value is -0.932. The van der Waals surface area contributed by atoms with E-state index in [0.29, 0.717) is 0 Å².